The highest BCUT2D eigenvalue weighted by molar-refractivity contribution is 5.81. The lowest BCUT2D eigenvalue weighted by Crippen LogP contribution is -2.37. The molecule has 3 rings (SSSR count). The molecule has 1 aliphatic rings. The van der Waals surface area contributed by atoms with Gasteiger partial charge in [-0.2, -0.15) is 5.10 Å². The van der Waals surface area contributed by atoms with Gasteiger partial charge >= 0.3 is 0 Å². The third-order valence-electron chi connectivity index (χ3n) is 4.69. The van der Waals surface area contributed by atoms with Gasteiger partial charge in [0.1, 0.15) is 11.4 Å². The number of rotatable bonds is 5. The van der Waals surface area contributed by atoms with Gasteiger partial charge in [-0.05, 0) is 62.4 Å². The summed E-state index contributed by atoms with van der Waals surface area (Å²) in [4.78, 5) is 19.0. The average Bonchev–Trinajstić information content (AvgIpc) is 3.14. The zero-order valence-electron chi connectivity index (χ0n) is 15.0. The quantitative estimate of drug-likeness (QED) is 0.882. The van der Waals surface area contributed by atoms with Gasteiger partial charge in [-0.15, -0.1) is 0 Å². The molecule has 1 aliphatic carbocycles. The van der Waals surface area contributed by atoms with Gasteiger partial charge in [0.05, 0.1) is 6.42 Å². The molecule has 1 aromatic heterocycles. The first kappa shape index (κ1) is 16.5. The Kier molecular flexibility index (Phi) is 4.07. The molecule has 24 heavy (non-hydrogen) atoms. The molecule has 0 spiro atoms. The summed E-state index contributed by atoms with van der Waals surface area (Å²) in [5.74, 6) is 1.50. The van der Waals surface area contributed by atoms with Gasteiger partial charge in [0.25, 0.3) is 0 Å². The molecule has 0 radical (unpaired) electrons. The van der Waals surface area contributed by atoms with Crippen molar-refractivity contribution in [2.45, 2.75) is 45.6 Å². The molecule has 1 aromatic carbocycles. The van der Waals surface area contributed by atoms with Crippen molar-refractivity contribution in [3.8, 4) is 0 Å². The van der Waals surface area contributed by atoms with Crippen LogP contribution in [0.4, 0.5) is 5.69 Å². The molecule has 0 aliphatic heterocycles. The topological polar surface area (TPSA) is 73.9 Å². The van der Waals surface area contributed by atoms with Crippen LogP contribution in [0.1, 0.15) is 41.2 Å². The van der Waals surface area contributed by atoms with E-state index in [1.54, 1.807) is 0 Å². The summed E-state index contributed by atoms with van der Waals surface area (Å²) < 4.78 is 0. The smallest absolute Gasteiger partial charge is 0.225 e. The number of benzene rings is 1. The van der Waals surface area contributed by atoms with Crippen molar-refractivity contribution < 1.29 is 4.79 Å². The lowest BCUT2D eigenvalue weighted by atomic mass is 9.98. The van der Waals surface area contributed by atoms with Gasteiger partial charge in [0, 0.05) is 19.8 Å². The number of aromatic nitrogens is 3. The van der Waals surface area contributed by atoms with E-state index in [0.717, 1.165) is 41.0 Å². The van der Waals surface area contributed by atoms with Crippen LogP contribution in [0, 0.1) is 20.8 Å². The van der Waals surface area contributed by atoms with Crippen LogP contribution in [0.2, 0.25) is 0 Å². The first-order chi connectivity index (χ1) is 11.3. The highest BCUT2D eigenvalue weighted by Gasteiger charge is 2.49. The van der Waals surface area contributed by atoms with Crippen LogP contribution in [-0.2, 0) is 16.8 Å². The Hall–Kier alpha value is -2.37. The number of carbonyl (C=O) groups excluding carboxylic acids is 1. The lowest BCUT2D eigenvalue weighted by Gasteiger charge is -2.19. The fourth-order valence-electron chi connectivity index (χ4n) is 3.07. The van der Waals surface area contributed by atoms with E-state index in [-0.39, 0.29) is 11.4 Å². The Bertz CT molecular complexity index is 750. The number of hydrogen-bond donors (Lipinski definition) is 2. The van der Waals surface area contributed by atoms with Crippen LogP contribution >= 0.6 is 0 Å². The summed E-state index contributed by atoms with van der Waals surface area (Å²) in [5, 5.41) is 10.2. The molecule has 6 heteroatoms. The Balaban J connectivity index is 1.74. The molecule has 128 valence electrons. The predicted molar refractivity (Wildman–Crippen MR) is 94.1 cm³/mol. The molecule has 2 N–H and O–H groups in total. The molecule has 0 saturated heterocycles. The third kappa shape index (κ3) is 3.13. The molecule has 1 fully saturated rings. The Morgan fingerprint density at radius 2 is 1.88 bits per heavy atom. The Morgan fingerprint density at radius 1 is 1.25 bits per heavy atom. The van der Waals surface area contributed by atoms with Gasteiger partial charge in [0.15, 0.2) is 5.82 Å². The highest BCUT2D eigenvalue weighted by Crippen LogP contribution is 2.43. The van der Waals surface area contributed by atoms with E-state index in [1.807, 2.05) is 21.0 Å². The summed E-state index contributed by atoms with van der Waals surface area (Å²) in [5.41, 5.74) is 4.18. The van der Waals surface area contributed by atoms with Crippen molar-refractivity contribution in [3.63, 3.8) is 0 Å². The van der Waals surface area contributed by atoms with Gasteiger partial charge in [-0.1, -0.05) is 0 Å². The number of H-pyrrole nitrogens is 1. The molecule has 1 amide bonds. The number of aromatic amines is 1. The number of nitrogens with one attached hydrogen (secondary N) is 2. The number of carbonyl (C=O) groups is 1. The molecule has 0 unspecified atom stereocenters. The fraction of sp³-hybridized carbons (Fsp3) is 0.500. The molecular weight excluding hydrogens is 302 g/mol. The molecule has 1 saturated carbocycles. The lowest BCUT2D eigenvalue weighted by molar-refractivity contribution is -0.121. The van der Waals surface area contributed by atoms with Crippen LogP contribution in [-0.4, -0.2) is 35.2 Å². The number of amides is 1. The average molecular weight is 327 g/mol. The van der Waals surface area contributed by atoms with Crippen molar-refractivity contribution in [1.29, 1.82) is 0 Å². The standard InChI is InChI=1S/C18H25N5O/c1-11-8-14(23(4)5)9-12(2)15(11)10-16(24)20-18(6-7-18)17-19-13(3)21-22-17/h8-9H,6-7,10H2,1-5H3,(H,20,24)(H,19,21,22). The van der Waals surface area contributed by atoms with Crippen LogP contribution in [0.5, 0.6) is 0 Å². The highest BCUT2D eigenvalue weighted by atomic mass is 16.1. The second kappa shape index (κ2) is 5.92. The maximum Gasteiger partial charge on any atom is 0.225 e. The second-order valence-corrected chi connectivity index (χ2v) is 7.00. The van der Waals surface area contributed by atoms with Crippen molar-refractivity contribution in [2.24, 2.45) is 0 Å². The monoisotopic (exact) mass is 327 g/mol. The van der Waals surface area contributed by atoms with E-state index in [0.29, 0.717) is 12.2 Å². The summed E-state index contributed by atoms with van der Waals surface area (Å²) >= 11 is 0. The molecule has 0 bridgehead atoms. The molecular formula is C18H25N5O. The van der Waals surface area contributed by atoms with E-state index >= 15 is 0 Å². The largest absolute Gasteiger partial charge is 0.378 e. The maximum atomic E-state index is 12.6. The second-order valence-electron chi connectivity index (χ2n) is 7.00. The summed E-state index contributed by atoms with van der Waals surface area (Å²) in [6.07, 6.45) is 2.18. The van der Waals surface area contributed by atoms with Crippen molar-refractivity contribution in [1.82, 2.24) is 20.5 Å². The fourth-order valence-corrected chi connectivity index (χ4v) is 3.07. The number of hydrogen-bond acceptors (Lipinski definition) is 4. The number of anilines is 1. The van der Waals surface area contributed by atoms with E-state index in [2.05, 4.69) is 51.4 Å². The molecule has 6 nitrogen and oxygen atoms in total. The third-order valence-corrected chi connectivity index (χ3v) is 4.69. The van der Waals surface area contributed by atoms with Crippen molar-refractivity contribution in [3.05, 3.63) is 40.5 Å². The normalized spacial score (nSPS) is 15.2. The minimum absolute atomic E-state index is 0.0266. The van der Waals surface area contributed by atoms with Crippen LogP contribution in [0.25, 0.3) is 0 Å². The van der Waals surface area contributed by atoms with Crippen molar-refractivity contribution >= 4 is 11.6 Å². The number of nitrogens with zero attached hydrogens (tertiary/aromatic N) is 3. The minimum Gasteiger partial charge on any atom is -0.378 e. The predicted octanol–water partition coefficient (Wildman–Crippen LogP) is 2.14. The maximum absolute atomic E-state index is 12.6. The van der Waals surface area contributed by atoms with Crippen LogP contribution in [0.3, 0.4) is 0 Å². The molecule has 2 aromatic rings. The Labute approximate surface area is 142 Å². The zero-order valence-corrected chi connectivity index (χ0v) is 15.0. The Morgan fingerprint density at radius 3 is 2.33 bits per heavy atom. The summed E-state index contributed by atoms with van der Waals surface area (Å²) in [6.45, 7) is 6.00. The first-order valence-electron chi connectivity index (χ1n) is 8.29. The van der Waals surface area contributed by atoms with E-state index in [4.69, 9.17) is 0 Å². The summed E-state index contributed by atoms with van der Waals surface area (Å²) in [6, 6.07) is 4.25. The van der Waals surface area contributed by atoms with E-state index < -0.39 is 0 Å². The zero-order chi connectivity index (χ0) is 17.5. The van der Waals surface area contributed by atoms with E-state index in [1.165, 1.54) is 0 Å². The van der Waals surface area contributed by atoms with Gasteiger partial charge in [-0.3, -0.25) is 9.89 Å². The van der Waals surface area contributed by atoms with Crippen LogP contribution < -0.4 is 10.2 Å². The van der Waals surface area contributed by atoms with Crippen molar-refractivity contribution in [2.75, 3.05) is 19.0 Å². The van der Waals surface area contributed by atoms with Gasteiger partial charge in [0.2, 0.25) is 5.91 Å². The van der Waals surface area contributed by atoms with E-state index in [9.17, 15) is 4.79 Å². The van der Waals surface area contributed by atoms with Gasteiger partial charge < -0.3 is 10.2 Å². The SMILES string of the molecule is Cc1nc(C2(NC(=O)Cc3c(C)cc(N(C)C)cc3C)CC2)n[nH]1. The van der Waals surface area contributed by atoms with Gasteiger partial charge in [-0.25, -0.2) is 4.98 Å². The number of aryl methyl sites for hydroxylation is 3. The van der Waals surface area contributed by atoms with Crippen LogP contribution in [0.15, 0.2) is 12.1 Å². The summed E-state index contributed by atoms with van der Waals surface area (Å²) in [7, 11) is 4.05. The minimum atomic E-state index is -0.368. The molecule has 1 heterocycles. The molecule has 0 atom stereocenters. The first-order valence-corrected chi connectivity index (χ1v) is 8.29.